The number of hydrogen-bond donors (Lipinski definition) is 2. The molecule has 0 aliphatic heterocycles. The van der Waals surface area contributed by atoms with Gasteiger partial charge in [0, 0.05) is 11.6 Å². The molecule has 0 saturated carbocycles. The molecule has 0 radical (unpaired) electrons. The maximum atomic E-state index is 12.0. The van der Waals surface area contributed by atoms with Crippen LogP contribution in [0.3, 0.4) is 0 Å². The molecule has 2 N–H and O–H groups in total. The molecular weight excluding hydrogens is 314 g/mol. The predicted octanol–water partition coefficient (Wildman–Crippen LogP) is 3.06. The fourth-order valence-corrected chi connectivity index (χ4v) is 2.25. The molecule has 0 saturated heterocycles. The molecule has 0 atom stereocenters. The van der Waals surface area contributed by atoms with E-state index in [-0.39, 0.29) is 0 Å². The lowest BCUT2D eigenvalue weighted by atomic mass is 10.2. The molecule has 7 heteroatoms. The molecule has 122 valence electrons. The Balaban J connectivity index is 2.06. The van der Waals surface area contributed by atoms with Crippen LogP contribution in [0.5, 0.6) is 5.75 Å². The van der Waals surface area contributed by atoms with Gasteiger partial charge in [0.2, 0.25) is 0 Å². The lowest BCUT2D eigenvalue weighted by Crippen LogP contribution is -2.29. The summed E-state index contributed by atoms with van der Waals surface area (Å²) < 4.78 is 5.71. The number of amides is 2. The zero-order valence-electron chi connectivity index (χ0n) is 13.3. The van der Waals surface area contributed by atoms with Gasteiger partial charge in [0.05, 0.1) is 12.3 Å². The van der Waals surface area contributed by atoms with Gasteiger partial charge in [-0.05, 0) is 30.5 Å². The molecule has 2 rings (SSSR count). The average molecular weight is 333 g/mol. The summed E-state index contributed by atoms with van der Waals surface area (Å²) in [4.78, 5) is 27.8. The van der Waals surface area contributed by atoms with Gasteiger partial charge in [-0.1, -0.05) is 19.9 Å². The zero-order valence-corrected chi connectivity index (χ0v) is 14.1. The van der Waals surface area contributed by atoms with Gasteiger partial charge in [-0.25, -0.2) is 4.98 Å². The van der Waals surface area contributed by atoms with Gasteiger partial charge >= 0.3 is 11.8 Å². The average Bonchev–Trinajstić information content (AvgIpc) is 3.00. The van der Waals surface area contributed by atoms with E-state index in [1.54, 1.807) is 17.6 Å². The highest BCUT2D eigenvalue weighted by molar-refractivity contribution is 7.13. The minimum absolute atomic E-state index is 0.354. The van der Waals surface area contributed by atoms with Crippen LogP contribution in [-0.4, -0.2) is 23.4 Å². The van der Waals surface area contributed by atoms with E-state index in [9.17, 15) is 9.59 Å². The number of aryl methyl sites for hydroxylation is 1. The first-order valence-electron chi connectivity index (χ1n) is 7.21. The zero-order chi connectivity index (χ0) is 16.8. The van der Waals surface area contributed by atoms with E-state index in [1.807, 2.05) is 32.9 Å². The number of hydrogen-bond acceptors (Lipinski definition) is 5. The quantitative estimate of drug-likeness (QED) is 0.824. The molecule has 0 aliphatic carbocycles. The first kappa shape index (κ1) is 17.0. The van der Waals surface area contributed by atoms with Gasteiger partial charge < -0.3 is 10.1 Å². The highest BCUT2D eigenvalue weighted by Crippen LogP contribution is 2.26. The fraction of sp³-hybridized carbons (Fsp3) is 0.312. The van der Waals surface area contributed by atoms with Crippen LogP contribution in [0.4, 0.5) is 10.8 Å². The third kappa shape index (κ3) is 5.07. The second-order valence-electron chi connectivity index (χ2n) is 5.45. The molecule has 0 spiro atoms. The van der Waals surface area contributed by atoms with Crippen molar-refractivity contribution in [1.29, 1.82) is 0 Å². The summed E-state index contributed by atoms with van der Waals surface area (Å²) in [5, 5.41) is 7.11. The third-order valence-corrected chi connectivity index (χ3v) is 3.51. The van der Waals surface area contributed by atoms with Crippen molar-refractivity contribution < 1.29 is 14.3 Å². The monoisotopic (exact) mass is 333 g/mol. The van der Waals surface area contributed by atoms with Gasteiger partial charge in [0.15, 0.2) is 5.13 Å². The van der Waals surface area contributed by atoms with E-state index in [2.05, 4.69) is 15.6 Å². The summed E-state index contributed by atoms with van der Waals surface area (Å²) in [7, 11) is 0. The van der Waals surface area contributed by atoms with E-state index in [4.69, 9.17) is 4.74 Å². The van der Waals surface area contributed by atoms with E-state index in [1.165, 1.54) is 11.3 Å². The molecule has 1 aromatic heterocycles. The van der Waals surface area contributed by atoms with Crippen LogP contribution in [0, 0.1) is 12.8 Å². The van der Waals surface area contributed by atoms with Gasteiger partial charge in [0.25, 0.3) is 0 Å². The van der Waals surface area contributed by atoms with Gasteiger partial charge in [-0.15, -0.1) is 11.3 Å². The Labute approximate surface area is 138 Å². The highest BCUT2D eigenvalue weighted by atomic mass is 32.1. The van der Waals surface area contributed by atoms with Crippen molar-refractivity contribution in [2.45, 2.75) is 20.8 Å². The van der Waals surface area contributed by atoms with Gasteiger partial charge in [0.1, 0.15) is 5.75 Å². The number of carbonyl (C=O) groups is 2. The van der Waals surface area contributed by atoms with Crippen molar-refractivity contribution >= 4 is 34.0 Å². The van der Waals surface area contributed by atoms with Crippen molar-refractivity contribution in [3.8, 4) is 5.75 Å². The minimum atomic E-state index is -0.768. The molecule has 2 amide bonds. The topological polar surface area (TPSA) is 80.3 Å². The van der Waals surface area contributed by atoms with Crippen molar-refractivity contribution in [3.05, 3.63) is 35.3 Å². The molecule has 0 bridgehead atoms. The van der Waals surface area contributed by atoms with Crippen LogP contribution in [0.15, 0.2) is 29.8 Å². The predicted molar refractivity (Wildman–Crippen MR) is 90.9 cm³/mol. The SMILES string of the molecule is Cc1ccc(NC(=O)C(=O)Nc2nccs2)c(OCC(C)C)c1. The first-order chi connectivity index (χ1) is 11.0. The van der Waals surface area contributed by atoms with E-state index >= 15 is 0 Å². The number of carbonyl (C=O) groups excluding carboxylic acids is 2. The minimum Gasteiger partial charge on any atom is -0.491 e. The molecule has 0 aliphatic rings. The Morgan fingerprint density at radius 2 is 2.00 bits per heavy atom. The number of benzene rings is 1. The van der Waals surface area contributed by atoms with Crippen LogP contribution in [0.25, 0.3) is 0 Å². The van der Waals surface area contributed by atoms with Crippen molar-refractivity contribution in [3.63, 3.8) is 0 Å². The second-order valence-corrected chi connectivity index (χ2v) is 6.34. The lowest BCUT2D eigenvalue weighted by Gasteiger charge is -2.14. The largest absolute Gasteiger partial charge is 0.491 e. The number of ether oxygens (including phenoxy) is 1. The Bertz CT molecular complexity index is 684. The molecule has 1 aromatic carbocycles. The molecule has 23 heavy (non-hydrogen) atoms. The Hall–Kier alpha value is -2.41. The van der Waals surface area contributed by atoms with E-state index in [0.29, 0.717) is 29.1 Å². The smallest absolute Gasteiger partial charge is 0.315 e. The lowest BCUT2D eigenvalue weighted by molar-refractivity contribution is -0.133. The molecule has 2 aromatic rings. The molecular formula is C16H19N3O3S. The fourth-order valence-electron chi connectivity index (χ4n) is 1.73. The second kappa shape index (κ2) is 7.73. The van der Waals surface area contributed by atoms with Gasteiger partial charge in [-0.2, -0.15) is 0 Å². The first-order valence-corrected chi connectivity index (χ1v) is 8.09. The standard InChI is InChI=1S/C16H19N3O3S/c1-10(2)9-22-13-8-11(3)4-5-12(13)18-14(20)15(21)19-16-17-6-7-23-16/h4-8,10H,9H2,1-3H3,(H,18,20)(H,17,19,21). The summed E-state index contributed by atoms with van der Waals surface area (Å²) in [6.45, 7) is 6.53. The summed E-state index contributed by atoms with van der Waals surface area (Å²) in [5.41, 5.74) is 1.48. The van der Waals surface area contributed by atoms with Crippen molar-refractivity contribution in [1.82, 2.24) is 4.98 Å². The summed E-state index contributed by atoms with van der Waals surface area (Å²) in [6, 6.07) is 5.40. The maximum absolute atomic E-state index is 12.0. The van der Waals surface area contributed by atoms with Crippen LogP contribution >= 0.6 is 11.3 Å². The normalized spacial score (nSPS) is 10.4. The van der Waals surface area contributed by atoms with Crippen LogP contribution in [0.1, 0.15) is 19.4 Å². The number of rotatable bonds is 5. The van der Waals surface area contributed by atoms with E-state index in [0.717, 1.165) is 5.56 Å². The summed E-state index contributed by atoms with van der Waals surface area (Å²) >= 11 is 1.24. The number of aromatic nitrogens is 1. The van der Waals surface area contributed by atoms with Crippen molar-refractivity contribution in [2.24, 2.45) is 5.92 Å². The Morgan fingerprint density at radius 1 is 1.26 bits per heavy atom. The van der Waals surface area contributed by atoms with Crippen LogP contribution in [-0.2, 0) is 9.59 Å². The molecule has 6 nitrogen and oxygen atoms in total. The van der Waals surface area contributed by atoms with Crippen molar-refractivity contribution in [2.75, 3.05) is 17.2 Å². The number of thiazole rings is 1. The van der Waals surface area contributed by atoms with Gasteiger partial charge in [-0.3, -0.25) is 14.9 Å². The molecule has 0 fully saturated rings. The third-order valence-electron chi connectivity index (χ3n) is 2.82. The number of nitrogens with one attached hydrogen (secondary N) is 2. The summed E-state index contributed by atoms with van der Waals surface area (Å²) in [5.74, 6) is -0.629. The Morgan fingerprint density at radius 3 is 2.65 bits per heavy atom. The molecule has 1 heterocycles. The Kier molecular flexibility index (Phi) is 5.70. The number of anilines is 2. The van der Waals surface area contributed by atoms with E-state index < -0.39 is 11.8 Å². The highest BCUT2D eigenvalue weighted by Gasteiger charge is 2.17. The molecule has 0 unspecified atom stereocenters. The number of nitrogens with zero attached hydrogens (tertiary/aromatic N) is 1. The maximum Gasteiger partial charge on any atom is 0.315 e. The summed E-state index contributed by atoms with van der Waals surface area (Å²) in [6.07, 6.45) is 1.55. The van der Waals surface area contributed by atoms with Crippen LogP contribution in [0.2, 0.25) is 0 Å². The van der Waals surface area contributed by atoms with Crippen LogP contribution < -0.4 is 15.4 Å².